The van der Waals surface area contributed by atoms with E-state index in [1.165, 1.54) is 0 Å². The molecule has 0 aliphatic heterocycles. The molecule has 6 aromatic heterocycles. The number of fused-ring (bicyclic) bond motifs is 24. The van der Waals surface area contributed by atoms with Gasteiger partial charge in [0.2, 0.25) is 0 Å². The largest absolute Gasteiger partial charge is 0.456 e. The Morgan fingerprint density at radius 1 is 0.158 bits per heavy atom. The Balaban J connectivity index is 0.000000137. The van der Waals surface area contributed by atoms with Crippen LogP contribution in [0.5, 0.6) is 0 Å². The van der Waals surface area contributed by atoms with Crippen LogP contribution in [-0.2, 0) is 0 Å². The second-order valence-electron chi connectivity index (χ2n) is 26.3. The zero-order chi connectivity index (χ0) is 136. The van der Waals surface area contributed by atoms with Crippen LogP contribution >= 0.6 is 45.3 Å². The van der Waals surface area contributed by atoms with Crippen molar-refractivity contribution in [2.75, 3.05) is 0 Å². The summed E-state index contributed by atoms with van der Waals surface area (Å²) in [5, 5.41) is -9.45. The van der Waals surface area contributed by atoms with Crippen molar-refractivity contribution < 1.29 is 99.3 Å². The van der Waals surface area contributed by atoms with Gasteiger partial charge in [-0.2, -0.15) is 0 Å². The minimum Gasteiger partial charge on any atom is -0.456 e. The summed E-state index contributed by atoms with van der Waals surface area (Å²) in [5.74, 6) is 0. The second kappa shape index (κ2) is 27.7. The van der Waals surface area contributed by atoms with Crippen molar-refractivity contribution >= 4 is 235 Å². The Kier molecular flexibility index (Phi) is 6.97. The third kappa shape index (κ3) is 10.8. The molecule has 0 aliphatic rings. The average molecular weight is 1660 g/mol. The fourth-order valence-electron chi connectivity index (χ4n) is 15.2. The van der Waals surface area contributed by atoms with Crippen LogP contribution in [0.1, 0.15) is 90.5 Å². The summed E-state index contributed by atoms with van der Waals surface area (Å²) in [6, 6.07) is -48.6. The topological polar surface area (TPSA) is 26.3 Å². The number of benzene rings is 21. The molecule has 0 radical (unpaired) electrons. The molecular weight excluding hydrogens is 1530 g/mol. The van der Waals surface area contributed by atoms with Crippen LogP contribution in [0.4, 0.5) is 0 Å². The van der Waals surface area contributed by atoms with Crippen LogP contribution in [0, 0.1) is 0 Å². The van der Waals surface area contributed by atoms with Crippen molar-refractivity contribution in [3.63, 3.8) is 0 Å². The second-order valence-corrected chi connectivity index (χ2v) is 30.4. The van der Waals surface area contributed by atoms with Gasteiger partial charge in [0, 0.05) is 124 Å². The van der Waals surface area contributed by atoms with Crippen LogP contribution in [-0.4, -0.2) is 0 Å². The first-order valence-electron chi connectivity index (χ1n) is 68.4. The fraction of sp³-hybridized carbons (Fsp3) is 0. The van der Waals surface area contributed by atoms with Gasteiger partial charge in [-0.1, -0.05) is 338 Å². The van der Waals surface area contributed by atoms with Crippen LogP contribution in [0.25, 0.3) is 256 Å². The first-order valence-corrected chi connectivity index (χ1v) is 38.7. The maximum absolute atomic E-state index is 9.57. The molecule has 6 heterocycles. The van der Waals surface area contributed by atoms with Gasteiger partial charge >= 0.3 is 0 Å². The van der Waals surface area contributed by atoms with E-state index < -0.39 is 558 Å². The monoisotopic (exact) mass is 1660 g/mol. The van der Waals surface area contributed by atoms with Crippen LogP contribution in [0.15, 0.2) is 408 Å². The van der Waals surface area contributed by atoms with E-state index in [4.69, 9.17) is 66.4 Å². The highest BCUT2D eigenvalue weighted by atomic mass is 32.1. The number of para-hydroxylation sites is 3. The van der Waals surface area contributed by atoms with Crippen molar-refractivity contribution in [2.45, 2.75) is 0 Å². The molecule has 6 heteroatoms. The van der Waals surface area contributed by atoms with Gasteiger partial charge in [0.05, 0.1) is 90.5 Å². The predicted octanol–water partition coefficient (Wildman–Crippen LogP) is 35.3. The lowest BCUT2D eigenvalue weighted by Gasteiger charge is -2.18. The smallest absolute Gasteiger partial charge is 0.143 e. The Morgan fingerprint density at radius 3 is 0.800 bits per heavy atom. The molecule has 0 saturated heterocycles. The molecule has 27 rings (SSSR count). The third-order valence-electron chi connectivity index (χ3n) is 20.1. The van der Waals surface area contributed by atoms with E-state index in [1.807, 2.05) is 0 Å². The van der Waals surface area contributed by atoms with Crippen LogP contribution in [0.2, 0.25) is 0 Å². The van der Waals surface area contributed by atoms with Crippen molar-refractivity contribution in [3.05, 3.63) is 399 Å². The lowest BCUT2D eigenvalue weighted by Crippen LogP contribution is -1.91. The van der Waals surface area contributed by atoms with E-state index in [2.05, 4.69) is 0 Å². The van der Waals surface area contributed by atoms with Crippen molar-refractivity contribution in [1.29, 1.82) is 0 Å². The Morgan fingerprint density at radius 2 is 0.408 bits per heavy atom. The first-order chi connectivity index (χ1) is 87.0. The molecule has 0 spiro atoms. The average Bonchev–Trinajstić information content (AvgIpc) is 1.24. The summed E-state index contributed by atoms with van der Waals surface area (Å²) in [6.07, 6.45) is 0. The van der Waals surface area contributed by atoms with Crippen molar-refractivity contribution in [1.82, 2.24) is 0 Å². The molecule has 0 bridgehead atoms. The highest BCUT2D eigenvalue weighted by Crippen LogP contribution is 2.54. The van der Waals surface area contributed by atoms with Gasteiger partial charge in [0.1, 0.15) is 22.3 Å². The Bertz CT molecular complexity index is 12500. The molecular formula is C114H66O2S4. The molecule has 0 saturated carbocycles. The van der Waals surface area contributed by atoms with Gasteiger partial charge in [-0.25, -0.2) is 0 Å². The van der Waals surface area contributed by atoms with E-state index in [-0.39, 0.29) is 96.8 Å². The number of hydrogen-bond acceptors (Lipinski definition) is 6. The molecule has 558 valence electrons. The minimum absolute atomic E-state index is 0.0415. The summed E-state index contributed by atoms with van der Waals surface area (Å²) >= 11 is 2.77. The Hall–Kier alpha value is -14.3. The summed E-state index contributed by atoms with van der Waals surface area (Å²) < 4.78 is 598. The molecule has 0 aliphatic carbocycles. The zero-order valence-corrected chi connectivity index (χ0v) is 62.7. The van der Waals surface area contributed by atoms with Crippen LogP contribution in [0.3, 0.4) is 0 Å². The lowest BCUT2D eigenvalue weighted by molar-refractivity contribution is 0.669. The molecule has 21 aromatic carbocycles. The van der Waals surface area contributed by atoms with Crippen molar-refractivity contribution in [2.24, 2.45) is 0 Å². The first kappa shape index (κ1) is 30.2. The van der Waals surface area contributed by atoms with Crippen molar-refractivity contribution in [3.8, 4) is 66.8 Å². The molecule has 0 fully saturated rings. The minimum atomic E-state index is -0.880. The molecule has 0 amide bonds. The SMILES string of the molecule is [2H]c1c([2H])c([2H])c2c(oc3c(-c4c5c([2H])c([2H])c([2H])c([2H])c5c(-c5c([2H])c([2H])c([2H])c6c5sc5c([2H])c([2H])c([2H])c([2H])c56)c5c([2H])c([2H])c([2H])c([2H])c45)c([2H])c([2H])c([2H])c32)c1[2H].[2H]c1c([2H])c([2H])c2c(oc3c([2H])c(-c4c5c([2H])c([2H])c([2H])c([2H])c5c(-c5c([2H])c([2H])c([2H])c6c5sc5c([2H])c([2H])c([2H])c([2H])c56)c5c([2H])c([2H])c([2H])c([2H])c45)c([2H])c([2H])c32)c1[2H].[2H]c1c([2H])c([2H])c2c(sc3c([2H])c(-c4c5c([2H])c([2H])c([2H])c([2H])c5c(-c5c([2H])c([2H])c6c(sc7c([2H])c([2H])c([2H])c([2H])c76)c5[2H])c5c([2H])c([2H])c([2H])c([2H])c45)c([2H])c([2H])c32)c1[2H]. The van der Waals surface area contributed by atoms with Gasteiger partial charge in [-0.15, -0.1) is 45.3 Å². The molecule has 0 N–H and O–H groups in total. The lowest BCUT2D eigenvalue weighted by atomic mass is 9.85. The quantitative estimate of drug-likeness (QED) is 0.155. The van der Waals surface area contributed by atoms with Crippen LogP contribution < -0.4 is 0 Å². The van der Waals surface area contributed by atoms with E-state index >= 15 is 0 Å². The molecule has 0 unspecified atom stereocenters. The summed E-state index contributed by atoms with van der Waals surface area (Å²) in [5.41, 5.74) is -8.23. The van der Waals surface area contributed by atoms with E-state index in [0.29, 0.717) is 45.3 Å². The standard InChI is InChI=1S/2C38H22OS.C38H22S2/c1-3-15-27-25(13-1)35(31-19-9-17-29-23-11-5-7-21-33(23)39-37(29)31)26-14-2-4-16-28(26)36(27)32-20-10-18-30-24-12-6-8-22-34(24)40-38(30)32;1-3-14-29-27(12-1)36(23-20-21-25-24-10-5-7-18-33(24)39-34(25)22-23)28-13-2-4-15-30(28)37(29)32-17-9-16-31-26-11-6-8-19-35(26)40-38(31)32;1-2-12-30-29(11-1)37(23-17-19-27-25-9-5-7-15-33(25)39-35(27)21-23)31-13-3-4-14-32(31)38(30)24-18-20-28-26-10-6-8-16-34(26)40-36(28)22-24/h3*1-22H/i3*1D,2D,3D,4D,5D,6D,7D,8D,9D,10D,11D,12D,13D,14D,15D,16D,17D,18D,19D,20D,21D,22D. The van der Waals surface area contributed by atoms with E-state index in [0.717, 1.165) is 0 Å². The third-order valence-corrected chi connectivity index (χ3v) is 24.4. The molecule has 0 atom stereocenters. The number of furan rings is 2. The summed E-state index contributed by atoms with van der Waals surface area (Å²) in [4.78, 5) is 0. The van der Waals surface area contributed by atoms with Gasteiger partial charge in [0.25, 0.3) is 0 Å². The maximum Gasteiger partial charge on any atom is 0.143 e. The van der Waals surface area contributed by atoms with Gasteiger partial charge < -0.3 is 8.83 Å². The maximum atomic E-state index is 9.57. The molecule has 2 nitrogen and oxygen atoms in total. The van der Waals surface area contributed by atoms with Gasteiger partial charge in [-0.05, 0) is 170 Å². The molecule has 120 heavy (non-hydrogen) atoms. The van der Waals surface area contributed by atoms with Gasteiger partial charge in [0.15, 0.2) is 0 Å². The fourth-order valence-corrected chi connectivity index (χ4v) is 19.2. The number of hydrogen-bond donors (Lipinski definition) is 0. The number of rotatable bonds is 6. The van der Waals surface area contributed by atoms with E-state index in [9.17, 15) is 32.9 Å². The van der Waals surface area contributed by atoms with Gasteiger partial charge in [-0.3, -0.25) is 0 Å². The number of thiophene rings is 4. The highest BCUT2D eigenvalue weighted by Gasteiger charge is 2.26. The molecule has 27 aromatic rings. The summed E-state index contributed by atoms with van der Waals surface area (Å²) in [7, 11) is 0. The highest BCUT2D eigenvalue weighted by molar-refractivity contribution is 7.27. The zero-order valence-electron chi connectivity index (χ0n) is 125. The summed E-state index contributed by atoms with van der Waals surface area (Å²) in [6.45, 7) is 0. The van der Waals surface area contributed by atoms with E-state index in [1.54, 1.807) is 0 Å². The predicted molar refractivity (Wildman–Crippen MR) is 523 cm³/mol. The Labute approximate surface area is 797 Å². The normalized spacial score (nSPS) is 19.7.